The number of esters is 1. The first-order chi connectivity index (χ1) is 13.4. The molecule has 1 aliphatic heterocycles. The molecule has 8 heteroatoms. The number of ether oxygens (including phenoxy) is 3. The van der Waals surface area contributed by atoms with E-state index in [1.54, 1.807) is 30.3 Å². The van der Waals surface area contributed by atoms with Crippen LogP contribution < -0.4 is 14.8 Å². The number of ketones is 1. The van der Waals surface area contributed by atoms with Crippen LogP contribution in [0.5, 0.6) is 11.5 Å². The molecule has 3 rings (SSSR count). The molecule has 0 fully saturated rings. The minimum absolute atomic E-state index is 0.102. The number of carbonyl (C=O) groups excluding carboxylic acids is 3. The molecule has 2 aromatic rings. The molecule has 1 amide bonds. The minimum Gasteiger partial charge on any atom is -0.454 e. The van der Waals surface area contributed by atoms with Gasteiger partial charge in [0.05, 0.1) is 0 Å². The van der Waals surface area contributed by atoms with Crippen molar-refractivity contribution < 1.29 is 28.6 Å². The van der Waals surface area contributed by atoms with Gasteiger partial charge in [0.2, 0.25) is 12.7 Å². The van der Waals surface area contributed by atoms with Crippen LogP contribution in [0.15, 0.2) is 48.2 Å². The van der Waals surface area contributed by atoms with Crippen LogP contribution in [0.25, 0.3) is 6.08 Å². The van der Waals surface area contributed by atoms with Crippen LogP contribution in [0.3, 0.4) is 0 Å². The molecule has 0 atom stereocenters. The fourth-order valence-electron chi connectivity index (χ4n) is 2.43. The SMILES string of the molecule is CC(=O)N/C(=C/c1ccc2c(c1)OCO2)C(=O)OCC(=O)c1ccc(Cl)cc1. The Kier molecular flexibility index (Phi) is 5.96. The molecule has 1 aliphatic rings. The van der Waals surface area contributed by atoms with Crippen LogP contribution in [0.4, 0.5) is 0 Å². The Morgan fingerprint density at radius 3 is 2.54 bits per heavy atom. The zero-order valence-corrected chi connectivity index (χ0v) is 15.6. The van der Waals surface area contributed by atoms with Crippen LogP contribution >= 0.6 is 11.6 Å². The molecular formula is C20H16ClNO6. The average molecular weight is 402 g/mol. The molecule has 0 radical (unpaired) electrons. The van der Waals surface area contributed by atoms with Crippen molar-refractivity contribution in [2.75, 3.05) is 13.4 Å². The lowest BCUT2D eigenvalue weighted by Gasteiger charge is -2.09. The van der Waals surface area contributed by atoms with Gasteiger partial charge in [-0.1, -0.05) is 17.7 Å². The molecule has 0 saturated carbocycles. The van der Waals surface area contributed by atoms with E-state index in [4.69, 9.17) is 25.8 Å². The molecule has 0 aliphatic carbocycles. The number of halogens is 1. The summed E-state index contributed by atoms with van der Waals surface area (Å²) in [7, 11) is 0. The van der Waals surface area contributed by atoms with E-state index in [0.717, 1.165) is 0 Å². The van der Waals surface area contributed by atoms with E-state index in [0.29, 0.717) is 27.6 Å². The Balaban J connectivity index is 1.71. The van der Waals surface area contributed by atoms with E-state index < -0.39 is 24.3 Å². The van der Waals surface area contributed by atoms with E-state index in [9.17, 15) is 14.4 Å². The number of amides is 1. The van der Waals surface area contributed by atoms with Crippen molar-refractivity contribution in [2.45, 2.75) is 6.92 Å². The highest BCUT2D eigenvalue weighted by Gasteiger charge is 2.17. The topological polar surface area (TPSA) is 90.9 Å². The Bertz CT molecular complexity index is 952. The summed E-state index contributed by atoms with van der Waals surface area (Å²) < 4.78 is 15.6. The summed E-state index contributed by atoms with van der Waals surface area (Å²) in [6, 6.07) is 11.3. The molecule has 2 aromatic carbocycles. The highest BCUT2D eigenvalue weighted by molar-refractivity contribution is 6.30. The largest absolute Gasteiger partial charge is 0.454 e. The average Bonchev–Trinajstić information content (AvgIpc) is 3.13. The number of fused-ring (bicyclic) bond motifs is 1. The first-order valence-electron chi connectivity index (χ1n) is 8.27. The highest BCUT2D eigenvalue weighted by Crippen LogP contribution is 2.33. The van der Waals surface area contributed by atoms with Crippen molar-refractivity contribution >= 4 is 35.3 Å². The number of Topliss-reactive ketones (excluding diaryl/α,β-unsaturated/α-hetero) is 1. The van der Waals surface area contributed by atoms with Gasteiger partial charge in [0, 0.05) is 17.5 Å². The van der Waals surface area contributed by atoms with Gasteiger partial charge >= 0.3 is 5.97 Å². The summed E-state index contributed by atoms with van der Waals surface area (Å²) in [5.74, 6) is -0.560. The maximum absolute atomic E-state index is 12.4. The third kappa shape index (κ3) is 4.89. The molecule has 1 heterocycles. The summed E-state index contributed by atoms with van der Waals surface area (Å²) in [4.78, 5) is 35.9. The van der Waals surface area contributed by atoms with Gasteiger partial charge < -0.3 is 19.5 Å². The van der Waals surface area contributed by atoms with E-state index in [1.807, 2.05) is 0 Å². The molecule has 0 spiro atoms. The quantitative estimate of drug-likeness (QED) is 0.454. The maximum Gasteiger partial charge on any atom is 0.355 e. The van der Waals surface area contributed by atoms with Crippen molar-refractivity contribution in [3.05, 3.63) is 64.3 Å². The molecule has 144 valence electrons. The minimum atomic E-state index is -0.838. The smallest absolute Gasteiger partial charge is 0.355 e. The fraction of sp³-hybridized carbons (Fsp3) is 0.150. The van der Waals surface area contributed by atoms with Crippen LogP contribution in [-0.2, 0) is 14.3 Å². The lowest BCUT2D eigenvalue weighted by molar-refractivity contribution is -0.139. The first-order valence-corrected chi connectivity index (χ1v) is 8.65. The monoisotopic (exact) mass is 401 g/mol. The lowest BCUT2D eigenvalue weighted by atomic mass is 10.1. The van der Waals surface area contributed by atoms with Gasteiger partial charge in [-0.25, -0.2) is 4.79 Å². The highest BCUT2D eigenvalue weighted by atomic mass is 35.5. The van der Waals surface area contributed by atoms with Gasteiger partial charge in [-0.05, 0) is 48.0 Å². The number of hydrogen-bond donors (Lipinski definition) is 1. The van der Waals surface area contributed by atoms with Crippen molar-refractivity contribution in [3.8, 4) is 11.5 Å². The van der Waals surface area contributed by atoms with Crippen molar-refractivity contribution in [1.82, 2.24) is 5.32 Å². The molecule has 0 saturated heterocycles. The van der Waals surface area contributed by atoms with Gasteiger partial charge in [-0.3, -0.25) is 9.59 Å². The standard InChI is InChI=1S/C20H16ClNO6/c1-12(23)22-16(8-13-2-7-18-19(9-13)28-11-27-18)20(25)26-10-17(24)14-3-5-15(21)6-4-14/h2-9H,10-11H2,1H3,(H,22,23)/b16-8+. The van der Waals surface area contributed by atoms with Crippen LogP contribution in [-0.4, -0.2) is 31.1 Å². The van der Waals surface area contributed by atoms with Gasteiger partial charge in [0.25, 0.3) is 0 Å². The molecule has 28 heavy (non-hydrogen) atoms. The number of hydrogen-bond acceptors (Lipinski definition) is 6. The van der Waals surface area contributed by atoms with Crippen molar-refractivity contribution in [3.63, 3.8) is 0 Å². The Hall–Kier alpha value is -3.32. The molecular weight excluding hydrogens is 386 g/mol. The molecule has 0 aromatic heterocycles. The second kappa shape index (κ2) is 8.58. The second-order valence-electron chi connectivity index (χ2n) is 5.86. The molecule has 1 N–H and O–H groups in total. The predicted octanol–water partition coefficient (Wildman–Crippen LogP) is 2.97. The third-order valence-electron chi connectivity index (χ3n) is 3.74. The first kappa shape index (κ1) is 19.4. The van der Waals surface area contributed by atoms with Gasteiger partial charge in [0.1, 0.15) is 5.70 Å². The Morgan fingerprint density at radius 1 is 1.11 bits per heavy atom. The summed E-state index contributed by atoms with van der Waals surface area (Å²) in [6.07, 6.45) is 1.43. The van der Waals surface area contributed by atoms with E-state index in [2.05, 4.69) is 5.32 Å². The summed E-state index contributed by atoms with van der Waals surface area (Å²) in [6.45, 7) is 0.911. The normalized spacial score (nSPS) is 12.4. The summed E-state index contributed by atoms with van der Waals surface area (Å²) >= 11 is 5.79. The van der Waals surface area contributed by atoms with Crippen LogP contribution in [0, 0.1) is 0 Å². The van der Waals surface area contributed by atoms with Gasteiger partial charge in [-0.2, -0.15) is 0 Å². The molecule has 0 bridgehead atoms. The Labute approximate surface area is 165 Å². The fourth-order valence-corrected chi connectivity index (χ4v) is 2.56. The molecule has 0 unspecified atom stereocenters. The van der Waals surface area contributed by atoms with E-state index in [-0.39, 0.29) is 12.5 Å². The number of benzene rings is 2. The van der Waals surface area contributed by atoms with E-state index >= 15 is 0 Å². The zero-order valence-electron chi connectivity index (χ0n) is 14.9. The second-order valence-corrected chi connectivity index (χ2v) is 6.29. The van der Waals surface area contributed by atoms with Crippen LogP contribution in [0.2, 0.25) is 5.02 Å². The molecule has 7 nitrogen and oxygen atoms in total. The number of rotatable bonds is 6. The Morgan fingerprint density at radius 2 is 1.82 bits per heavy atom. The van der Waals surface area contributed by atoms with E-state index in [1.165, 1.54) is 25.1 Å². The van der Waals surface area contributed by atoms with Crippen LogP contribution in [0.1, 0.15) is 22.8 Å². The maximum atomic E-state index is 12.4. The van der Waals surface area contributed by atoms with Crippen molar-refractivity contribution in [1.29, 1.82) is 0 Å². The lowest BCUT2D eigenvalue weighted by Crippen LogP contribution is -2.27. The number of carbonyl (C=O) groups is 3. The third-order valence-corrected chi connectivity index (χ3v) is 3.99. The zero-order chi connectivity index (χ0) is 20.1. The summed E-state index contributed by atoms with van der Waals surface area (Å²) in [5.41, 5.74) is 0.849. The van der Waals surface area contributed by atoms with Gasteiger partial charge in [0.15, 0.2) is 23.9 Å². The summed E-state index contributed by atoms with van der Waals surface area (Å²) in [5, 5.41) is 2.91. The predicted molar refractivity (Wildman–Crippen MR) is 101 cm³/mol. The van der Waals surface area contributed by atoms with Gasteiger partial charge in [-0.15, -0.1) is 0 Å². The number of nitrogens with one attached hydrogen (secondary N) is 1. The van der Waals surface area contributed by atoms with Crippen molar-refractivity contribution in [2.24, 2.45) is 0 Å².